The van der Waals surface area contributed by atoms with Gasteiger partial charge in [-0.3, -0.25) is 14.9 Å². The molecule has 0 unspecified atom stereocenters. The predicted molar refractivity (Wildman–Crippen MR) is 140 cm³/mol. The summed E-state index contributed by atoms with van der Waals surface area (Å²) in [7, 11) is -3.27. The Kier molecular flexibility index (Phi) is 8.36. The lowest BCUT2D eigenvalue weighted by molar-refractivity contribution is -0.667. The van der Waals surface area contributed by atoms with E-state index < -0.39 is 20.7 Å². The Morgan fingerprint density at radius 2 is 1.94 bits per heavy atom. The highest BCUT2D eigenvalue weighted by atomic mass is 32.2. The van der Waals surface area contributed by atoms with Gasteiger partial charge in [0.05, 0.1) is 17.1 Å². The fourth-order valence-electron chi connectivity index (χ4n) is 3.54. The van der Waals surface area contributed by atoms with E-state index in [1.54, 1.807) is 6.07 Å². The largest absolute Gasteiger partial charge is 0.371 e. The molecule has 3 rings (SSSR count). The molecule has 0 fully saturated rings. The number of sulfone groups is 1. The van der Waals surface area contributed by atoms with Crippen molar-refractivity contribution < 1.29 is 22.7 Å². The summed E-state index contributed by atoms with van der Waals surface area (Å²) in [5.41, 5.74) is 7.98. The van der Waals surface area contributed by atoms with Gasteiger partial charge >= 0.3 is 0 Å². The minimum Gasteiger partial charge on any atom is -0.371 e. The number of hydrogen-bond donors (Lipinski definition) is 1. The van der Waals surface area contributed by atoms with Crippen LogP contribution in [0.1, 0.15) is 23.9 Å². The fourth-order valence-corrected chi connectivity index (χ4v) is 5.30. The molecule has 184 valence electrons. The normalized spacial score (nSPS) is 11.7. The molecule has 0 aliphatic rings. The number of primary amides is 1. The summed E-state index contributed by atoms with van der Waals surface area (Å²) in [5, 5.41) is 13.0. The van der Waals surface area contributed by atoms with Crippen molar-refractivity contribution in [2.75, 3.05) is 23.7 Å². The number of nitro groups is 1. The Morgan fingerprint density at radius 1 is 1.23 bits per heavy atom. The molecule has 0 spiro atoms. The molecular weight excluding hydrogens is 488 g/mol. The topological polar surface area (TPSA) is 127 Å². The Morgan fingerprint density at radius 3 is 2.54 bits per heavy atom. The van der Waals surface area contributed by atoms with Crippen LogP contribution in [0.4, 0.5) is 11.4 Å². The molecule has 9 nitrogen and oxygen atoms in total. The lowest BCUT2D eigenvalue weighted by atomic mass is 10.2. The number of amides is 1. The second-order valence-corrected chi connectivity index (χ2v) is 10.9. The average molecular weight is 516 g/mol. The number of rotatable bonds is 12. The minimum atomic E-state index is -3.27. The van der Waals surface area contributed by atoms with Crippen LogP contribution in [-0.2, 0) is 21.2 Å². The van der Waals surface area contributed by atoms with Crippen LogP contribution < -0.4 is 15.2 Å². The van der Waals surface area contributed by atoms with Gasteiger partial charge in [-0.05, 0) is 30.7 Å². The molecule has 2 N–H and O–H groups in total. The number of benzene rings is 2. The van der Waals surface area contributed by atoms with Crippen molar-refractivity contribution in [3.05, 3.63) is 75.1 Å². The van der Waals surface area contributed by atoms with E-state index in [1.165, 1.54) is 23.5 Å². The van der Waals surface area contributed by atoms with Crippen LogP contribution in [0.15, 0.2) is 54.5 Å². The first-order chi connectivity index (χ1) is 16.6. The molecule has 1 amide bonds. The van der Waals surface area contributed by atoms with Gasteiger partial charge in [-0.2, -0.15) is 4.57 Å². The lowest BCUT2D eigenvalue weighted by Crippen LogP contribution is -2.37. The lowest BCUT2D eigenvalue weighted by Gasteiger charge is -2.22. The molecule has 0 radical (unpaired) electrons. The standard InChI is InChI=1S/C24H26N4O5S2/c1-3-26(15-16-35(32,33)4-2)19-8-5-18(6-9-19)7-12-24-27(14-13-23(25)29)21-11-10-20(28(30)31)17-22(21)34-24/h4-12,17H,2-3,13-16H2,1H3,(H-,25,29)/p+1. The smallest absolute Gasteiger partial charge is 0.271 e. The predicted octanol–water partition coefficient (Wildman–Crippen LogP) is 3.53. The van der Waals surface area contributed by atoms with Crippen molar-refractivity contribution in [2.45, 2.75) is 19.9 Å². The third kappa shape index (κ3) is 6.74. The number of anilines is 1. The van der Waals surface area contributed by atoms with E-state index in [-0.39, 0.29) is 17.9 Å². The molecule has 1 aromatic heterocycles. The molecule has 0 atom stereocenters. The number of nitro benzene ring substituents is 1. The van der Waals surface area contributed by atoms with Gasteiger partial charge in [-0.15, -0.1) is 0 Å². The van der Waals surface area contributed by atoms with Crippen molar-refractivity contribution in [2.24, 2.45) is 5.73 Å². The van der Waals surface area contributed by atoms with Crippen LogP contribution in [0.25, 0.3) is 22.4 Å². The molecule has 0 aliphatic heterocycles. The van der Waals surface area contributed by atoms with E-state index in [9.17, 15) is 23.3 Å². The summed E-state index contributed by atoms with van der Waals surface area (Å²) in [6.45, 7) is 6.71. The maximum Gasteiger partial charge on any atom is 0.271 e. The highest BCUT2D eigenvalue weighted by Gasteiger charge is 2.21. The Hall–Kier alpha value is -3.57. The Labute approximate surface area is 207 Å². The number of nitrogens with zero attached hydrogens (tertiary/aromatic N) is 3. The van der Waals surface area contributed by atoms with Crippen molar-refractivity contribution in [3.63, 3.8) is 0 Å². The average Bonchev–Trinajstić information content (AvgIpc) is 3.19. The number of aryl methyl sites for hydroxylation is 1. The Balaban J connectivity index is 1.85. The third-order valence-corrected chi connectivity index (χ3v) is 7.84. The first kappa shape index (κ1) is 26.0. The van der Waals surface area contributed by atoms with Gasteiger partial charge in [-0.1, -0.05) is 30.0 Å². The van der Waals surface area contributed by atoms with Gasteiger partial charge in [-0.25, -0.2) is 8.42 Å². The molecule has 2 aromatic carbocycles. The molecule has 0 saturated heterocycles. The van der Waals surface area contributed by atoms with Crippen LogP contribution >= 0.6 is 11.3 Å². The zero-order valence-electron chi connectivity index (χ0n) is 19.3. The SMILES string of the molecule is C=CS(=O)(=O)CCN(CC)c1ccc(C=Cc2sc3cc([N+](=O)[O-])ccc3[n+]2CCC(N)=O)cc1. The van der Waals surface area contributed by atoms with Gasteiger partial charge in [0.1, 0.15) is 4.70 Å². The monoisotopic (exact) mass is 515 g/mol. The van der Waals surface area contributed by atoms with Crippen LogP contribution in [0.5, 0.6) is 0 Å². The van der Waals surface area contributed by atoms with Crippen LogP contribution in [0.2, 0.25) is 0 Å². The fraction of sp³-hybridized carbons (Fsp3) is 0.250. The highest BCUT2D eigenvalue weighted by molar-refractivity contribution is 7.94. The number of thiazole rings is 1. The molecule has 1 heterocycles. The summed E-state index contributed by atoms with van der Waals surface area (Å²) in [6.07, 6.45) is 3.97. The zero-order valence-corrected chi connectivity index (χ0v) is 20.9. The van der Waals surface area contributed by atoms with E-state index in [4.69, 9.17) is 5.73 Å². The van der Waals surface area contributed by atoms with E-state index in [2.05, 4.69) is 6.58 Å². The molecule has 0 bridgehead atoms. The summed E-state index contributed by atoms with van der Waals surface area (Å²) in [5.74, 6) is -0.424. The first-order valence-electron chi connectivity index (χ1n) is 10.9. The second kappa shape index (κ2) is 11.2. The summed E-state index contributed by atoms with van der Waals surface area (Å²) < 4.78 is 26.1. The van der Waals surface area contributed by atoms with Gasteiger partial charge in [0.15, 0.2) is 16.4 Å². The number of carbonyl (C=O) groups is 1. The van der Waals surface area contributed by atoms with Crippen molar-refractivity contribution >= 4 is 60.8 Å². The summed E-state index contributed by atoms with van der Waals surface area (Å²) >= 11 is 1.40. The van der Waals surface area contributed by atoms with Crippen molar-refractivity contribution in [1.29, 1.82) is 0 Å². The molecule has 3 aromatic rings. The van der Waals surface area contributed by atoms with E-state index in [0.717, 1.165) is 31.9 Å². The van der Waals surface area contributed by atoms with Crippen LogP contribution in [0, 0.1) is 10.1 Å². The van der Waals surface area contributed by atoms with E-state index in [1.807, 2.05) is 52.8 Å². The molecule has 0 aliphatic carbocycles. The van der Waals surface area contributed by atoms with E-state index >= 15 is 0 Å². The summed E-state index contributed by atoms with van der Waals surface area (Å²) in [4.78, 5) is 24.1. The van der Waals surface area contributed by atoms with Crippen molar-refractivity contribution in [1.82, 2.24) is 0 Å². The zero-order chi connectivity index (χ0) is 25.6. The number of aromatic nitrogens is 1. The Bertz CT molecular complexity index is 1380. The molecular formula is C24H27N4O5S2+. The quantitative estimate of drug-likeness (QED) is 0.223. The van der Waals surface area contributed by atoms with E-state index in [0.29, 0.717) is 19.6 Å². The minimum absolute atomic E-state index is 0.00138. The van der Waals surface area contributed by atoms with Gasteiger partial charge in [0.2, 0.25) is 11.4 Å². The third-order valence-electron chi connectivity index (χ3n) is 5.47. The van der Waals surface area contributed by atoms with Crippen molar-refractivity contribution in [3.8, 4) is 0 Å². The van der Waals surface area contributed by atoms with Gasteiger partial charge in [0.25, 0.3) is 10.7 Å². The molecule has 35 heavy (non-hydrogen) atoms. The number of fused-ring (bicyclic) bond motifs is 1. The first-order valence-corrected chi connectivity index (χ1v) is 13.4. The number of non-ortho nitro benzene ring substituents is 1. The molecule has 11 heteroatoms. The van der Waals surface area contributed by atoms with Gasteiger partial charge < -0.3 is 10.6 Å². The number of nitrogens with two attached hydrogens (primary N) is 1. The van der Waals surface area contributed by atoms with Crippen LogP contribution in [0.3, 0.4) is 0 Å². The summed E-state index contributed by atoms with van der Waals surface area (Å²) in [6, 6.07) is 12.4. The maximum absolute atomic E-state index is 11.7. The van der Waals surface area contributed by atoms with Crippen LogP contribution in [-0.4, -0.2) is 38.1 Å². The van der Waals surface area contributed by atoms with Gasteiger partial charge in [0, 0.05) is 48.5 Å². The maximum atomic E-state index is 11.7. The number of hydrogen-bond acceptors (Lipinski definition) is 7. The second-order valence-electron chi connectivity index (χ2n) is 7.76. The molecule has 0 saturated carbocycles. The number of carbonyl (C=O) groups excluding carboxylic acids is 1. The highest BCUT2D eigenvalue weighted by Crippen LogP contribution is 2.27.